The van der Waals surface area contributed by atoms with Crippen LogP contribution in [0.5, 0.6) is 11.8 Å². The van der Waals surface area contributed by atoms with Gasteiger partial charge in [0.25, 0.3) is 0 Å². The predicted octanol–water partition coefficient (Wildman–Crippen LogP) is 9.47. The zero-order valence-electron chi connectivity index (χ0n) is 30.3. The largest absolute Gasteiger partial charge is 0.468 e. The van der Waals surface area contributed by atoms with Gasteiger partial charge in [-0.25, -0.2) is 9.36 Å². The van der Waals surface area contributed by atoms with Gasteiger partial charge in [-0.15, -0.1) is 0 Å². The molecule has 3 atom stereocenters. The van der Waals surface area contributed by atoms with E-state index >= 15 is 0 Å². The Morgan fingerprint density at radius 1 is 0.661 bits per heavy atom. The Morgan fingerprint density at radius 2 is 1.07 bits per heavy atom. The van der Waals surface area contributed by atoms with E-state index in [1.54, 1.807) is 0 Å². The highest BCUT2D eigenvalue weighted by Crippen LogP contribution is 2.53. The minimum Gasteiger partial charge on any atom is -0.468 e. The van der Waals surface area contributed by atoms with Gasteiger partial charge in [0, 0.05) is 26.9 Å². The summed E-state index contributed by atoms with van der Waals surface area (Å²) in [5.74, 6) is -2.75. The zero-order valence-corrected chi connectivity index (χ0v) is 32.0. The molecule has 0 N–H and O–H groups in total. The molecule has 2 aromatic rings. The van der Waals surface area contributed by atoms with Crippen molar-refractivity contribution in [2.24, 2.45) is 24.4 Å². The molecule has 4 rings (SSSR count). The molecular formula is C28H28F18N6O5S2. The van der Waals surface area contributed by atoms with Crippen LogP contribution in [0, 0.1) is 0 Å². The van der Waals surface area contributed by atoms with E-state index in [0.29, 0.717) is 7.05 Å². The molecule has 2 aliphatic rings. The minimum absolute atomic E-state index is 0.0801. The molecule has 0 radical (unpaired) electrons. The molecule has 0 fully saturated rings. The number of nitrogens with zero attached hydrogens (tertiary/aromatic N) is 6. The van der Waals surface area contributed by atoms with E-state index in [4.69, 9.17) is 9.68 Å². The van der Waals surface area contributed by atoms with Crippen LogP contribution in [-0.4, -0.2) is 83.0 Å². The molecule has 3 unspecified atom stereocenters. The minimum atomic E-state index is -5.58. The topological polar surface area (TPSA) is 114 Å². The number of hydrogen-bond donors (Lipinski definition) is 0. The average Bonchev–Trinajstić information content (AvgIpc) is 3.74. The first kappa shape index (κ1) is 49.6. The monoisotopic (exact) mass is 934 g/mol. The lowest BCUT2D eigenvalue weighted by Crippen LogP contribution is -2.32. The molecule has 0 saturated heterocycles. The number of aromatic nitrogens is 4. The fourth-order valence-corrected chi connectivity index (χ4v) is 7.70. The van der Waals surface area contributed by atoms with Crippen LogP contribution < -0.4 is 9.47 Å². The summed E-state index contributed by atoms with van der Waals surface area (Å²) in [5.41, 5.74) is -9.70. The van der Waals surface area contributed by atoms with Crippen molar-refractivity contribution in [1.82, 2.24) is 19.6 Å². The number of aryl methyl sites for hydroxylation is 2. The maximum absolute atomic E-state index is 13.8. The molecule has 0 bridgehead atoms. The summed E-state index contributed by atoms with van der Waals surface area (Å²) in [5, 5.41) is 5.14. The van der Waals surface area contributed by atoms with E-state index in [2.05, 4.69) is 30.0 Å². The Labute approximate surface area is 325 Å². The zero-order chi connectivity index (χ0) is 45.7. The fraction of sp³-hybridized carbons (Fsp3) is 0.714. The maximum Gasteiger partial charge on any atom is 0.435 e. The molecular weight excluding hydrogens is 906 g/mol. The number of ether oxygens (including phenoxy) is 2. The summed E-state index contributed by atoms with van der Waals surface area (Å²) >= 11 is -0.109. The van der Waals surface area contributed by atoms with E-state index in [1.807, 2.05) is 0 Å². The molecule has 2 aliphatic heterocycles. The van der Waals surface area contributed by atoms with E-state index in [1.165, 1.54) is 27.7 Å². The first-order chi connectivity index (χ1) is 26.2. The highest BCUT2D eigenvalue weighted by atomic mass is 32.2. The lowest BCUT2D eigenvalue weighted by Gasteiger charge is -2.22. The average molecular weight is 935 g/mol. The highest BCUT2D eigenvalue weighted by molar-refractivity contribution is 8.14. The summed E-state index contributed by atoms with van der Waals surface area (Å²) < 4.78 is 259. The third kappa shape index (κ3) is 13.1. The Kier molecular flexibility index (Phi) is 13.9. The van der Waals surface area contributed by atoms with Crippen LogP contribution in [0.15, 0.2) is 10.3 Å². The number of thioether (sulfide) groups is 1. The van der Waals surface area contributed by atoms with Crippen molar-refractivity contribution < 1.29 is 102 Å². The lowest BCUT2D eigenvalue weighted by atomic mass is 10.1. The van der Waals surface area contributed by atoms with E-state index in [9.17, 15) is 83.2 Å². The van der Waals surface area contributed by atoms with Crippen LogP contribution in [0.1, 0.15) is 73.6 Å². The number of alkyl halides is 18. The van der Waals surface area contributed by atoms with Gasteiger partial charge in [-0.1, -0.05) is 22.1 Å². The van der Waals surface area contributed by atoms with Crippen LogP contribution >= 0.6 is 11.8 Å². The molecule has 0 spiro atoms. The molecule has 11 nitrogen and oxygen atoms in total. The van der Waals surface area contributed by atoms with Crippen LogP contribution in [0.4, 0.5) is 79.0 Å². The summed E-state index contributed by atoms with van der Waals surface area (Å²) in [4.78, 5) is 9.71. The normalized spacial score (nSPS) is 18.8. The smallest absolute Gasteiger partial charge is 0.435 e. The van der Waals surface area contributed by atoms with Crippen LogP contribution in [0.3, 0.4) is 0 Å². The van der Waals surface area contributed by atoms with Gasteiger partial charge in [-0.3, -0.25) is 4.21 Å². The summed E-state index contributed by atoms with van der Waals surface area (Å²) in [6, 6.07) is 0. The predicted molar refractivity (Wildman–Crippen MR) is 167 cm³/mol. The summed E-state index contributed by atoms with van der Waals surface area (Å²) in [6.07, 6.45) is -32.4. The fourth-order valence-electron chi connectivity index (χ4n) is 4.91. The van der Waals surface area contributed by atoms with Crippen molar-refractivity contribution in [3.63, 3.8) is 0 Å². The SMILES string of the molecule is Cn1nc(C(F)(F)F)c(C(S(=O)C2=NOC(C)(C)C2)C(F)(F)F)c1OCC(F)(F)F.Cn1nc(C(F)(F)F)c(C(SC2=NOC(C)(C)C2)C(F)(F)F)c1OCC(F)(F)F. The number of hydrogen-bond acceptors (Lipinski definition) is 10. The molecule has 0 aromatic carbocycles. The van der Waals surface area contributed by atoms with Crippen molar-refractivity contribution in [2.75, 3.05) is 13.2 Å². The summed E-state index contributed by atoms with van der Waals surface area (Å²) in [6.45, 7) is 1.47. The highest BCUT2D eigenvalue weighted by Gasteiger charge is 2.56. The van der Waals surface area contributed by atoms with Gasteiger partial charge in [0.05, 0.1) is 21.9 Å². The standard InChI is InChI=1S/C14H14F9N3O3S.C14H14F9N3O2S/c1-11(2)4-6(25-29-11)30(27)9(14(21,22)23)7-8(13(18,19)20)24-26(3)10(7)28-5-12(15,16)17;1-11(2)4-6(25-28-11)29-9(14(21,22)23)7-8(13(18,19)20)24-26(3)10(7)27-5-12(15,16)17/h9H,4-5H2,1-3H3;9H,4-5H2,1-3H3. The number of halogens is 18. The van der Waals surface area contributed by atoms with E-state index < -0.39 is 129 Å². The Hall–Kier alpha value is -3.80. The Morgan fingerprint density at radius 3 is 1.41 bits per heavy atom. The molecule has 0 saturated carbocycles. The summed E-state index contributed by atoms with van der Waals surface area (Å²) in [7, 11) is -1.86. The maximum atomic E-state index is 13.8. The molecule has 59 heavy (non-hydrogen) atoms. The van der Waals surface area contributed by atoms with Crippen molar-refractivity contribution in [1.29, 1.82) is 0 Å². The number of rotatable bonds is 8. The third-order valence-electron chi connectivity index (χ3n) is 7.10. The van der Waals surface area contributed by atoms with Crippen molar-refractivity contribution in [3.8, 4) is 11.8 Å². The second kappa shape index (κ2) is 16.6. The first-order valence-electron chi connectivity index (χ1n) is 15.6. The molecule has 31 heteroatoms. The van der Waals surface area contributed by atoms with E-state index in [0.717, 1.165) is 7.05 Å². The first-order valence-corrected chi connectivity index (χ1v) is 17.7. The van der Waals surface area contributed by atoms with Gasteiger partial charge in [0.15, 0.2) is 29.9 Å². The van der Waals surface area contributed by atoms with Gasteiger partial charge in [0.1, 0.15) is 26.5 Å². The van der Waals surface area contributed by atoms with Gasteiger partial charge in [0.2, 0.25) is 11.8 Å². The Balaban J connectivity index is 0.000000316. The van der Waals surface area contributed by atoms with Gasteiger partial charge in [-0.05, 0) is 27.7 Å². The van der Waals surface area contributed by atoms with E-state index in [-0.39, 0.29) is 32.6 Å². The second-order valence-corrected chi connectivity index (χ2v) is 16.2. The molecule has 2 aromatic heterocycles. The number of oxime groups is 2. The van der Waals surface area contributed by atoms with Gasteiger partial charge >= 0.3 is 37.1 Å². The molecule has 0 amide bonds. The van der Waals surface area contributed by atoms with Gasteiger partial charge < -0.3 is 19.1 Å². The molecule has 4 heterocycles. The lowest BCUT2D eigenvalue weighted by molar-refractivity contribution is -0.156. The van der Waals surface area contributed by atoms with Crippen molar-refractivity contribution >= 4 is 32.6 Å². The van der Waals surface area contributed by atoms with Gasteiger partial charge in [-0.2, -0.15) is 89.2 Å². The van der Waals surface area contributed by atoms with Crippen molar-refractivity contribution in [3.05, 3.63) is 22.5 Å². The molecule has 0 aliphatic carbocycles. The second-order valence-electron chi connectivity index (χ2n) is 13.5. The van der Waals surface area contributed by atoms with Crippen LogP contribution in [0.25, 0.3) is 0 Å². The Bertz CT molecular complexity index is 1910. The molecule has 338 valence electrons. The van der Waals surface area contributed by atoms with Crippen molar-refractivity contribution in [2.45, 2.75) is 99.3 Å². The quantitative estimate of drug-likeness (QED) is 0.241. The third-order valence-corrected chi connectivity index (χ3v) is 9.95. The van der Waals surface area contributed by atoms with Crippen LogP contribution in [0.2, 0.25) is 0 Å². The van der Waals surface area contributed by atoms with Crippen LogP contribution in [-0.2, 0) is 46.9 Å².